The molecule has 0 amide bonds. The Morgan fingerprint density at radius 2 is 1.96 bits per heavy atom. The predicted octanol–water partition coefficient (Wildman–Crippen LogP) is 0.904. The molecule has 0 radical (unpaired) electrons. The van der Waals surface area contributed by atoms with E-state index in [2.05, 4.69) is 22.5 Å². The minimum Gasteiger partial charge on any atom is -0.379 e. The van der Waals surface area contributed by atoms with Gasteiger partial charge in [0.1, 0.15) is 0 Å². The van der Waals surface area contributed by atoms with Crippen molar-refractivity contribution in [2.75, 3.05) is 32.8 Å². The van der Waals surface area contributed by atoms with Crippen LogP contribution in [-0.4, -0.2) is 57.6 Å². The number of guanidine groups is 1. The van der Waals surface area contributed by atoms with Crippen molar-refractivity contribution in [2.45, 2.75) is 25.3 Å². The molecule has 0 bridgehead atoms. The zero-order valence-electron chi connectivity index (χ0n) is 14.3. The predicted molar refractivity (Wildman–Crippen MR) is 109 cm³/mol. The van der Waals surface area contributed by atoms with Gasteiger partial charge in [0, 0.05) is 25.7 Å². The number of hydrogen-bond donors (Lipinski definition) is 2. The molecule has 1 aromatic rings. The lowest BCUT2D eigenvalue weighted by molar-refractivity contribution is 0.0729. The second-order valence-electron chi connectivity index (χ2n) is 6.12. The fraction of sp³-hybridized carbons (Fsp3) is 0.562. The molecular formula is C16H25IN4O3S. The zero-order valence-corrected chi connectivity index (χ0v) is 17.4. The van der Waals surface area contributed by atoms with E-state index in [-0.39, 0.29) is 29.7 Å². The second-order valence-corrected chi connectivity index (χ2v) is 8.09. The highest BCUT2D eigenvalue weighted by atomic mass is 127. The summed E-state index contributed by atoms with van der Waals surface area (Å²) in [4.78, 5) is 4.36. The van der Waals surface area contributed by atoms with Crippen molar-refractivity contribution in [3.8, 4) is 0 Å². The van der Waals surface area contributed by atoms with Crippen LogP contribution in [0.15, 0.2) is 29.3 Å². The van der Waals surface area contributed by atoms with E-state index >= 15 is 0 Å². The first-order valence-electron chi connectivity index (χ1n) is 8.22. The molecule has 7 nitrogen and oxygen atoms in total. The fourth-order valence-corrected chi connectivity index (χ4v) is 4.38. The highest BCUT2D eigenvalue weighted by molar-refractivity contribution is 14.0. The van der Waals surface area contributed by atoms with Gasteiger partial charge < -0.3 is 15.4 Å². The van der Waals surface area contributed by atoms with Gasteiger partial charge in [0.2, 0.25) is 10.0 Å². The average molecular weight is 480 g/mol. The molecule has 1 atom stereocenters. The molecule has 9 heteroatoms. The van der Waals surface area contributed by atoms with Gasteiger partial charge in [0.15, 0.2) is 5.96 Å². The molecule has 2 aliphatic rings. The summed E-state index contributed by atoms with van der Waals surface area (Å²) in [5.41, 5.74) is 1.79. The van der Waals surface area contributed by atoms with Gasteiger partial charge in [-0.1, -0.05) is 24.3 Å². The molecular weight excluding hydrogens is 455 g/mol. The SMILES string of the molecule is CC1CN=C(NCc2ccccc2CS(=O)(=O)N2CCOCC2)N1.I. The lowest BCUT2D eigenvalue weighted by Gasteiger charge is -2.26. The number of benzene rings is 1. The fourth-order valence-electron chi connectivity index (χ4n) is 2.82. The number of halogens is 1. The largest absolute Gasteiger partial charge is 0.379 e. The Morgan fingerprint density at radius 3 is 2.60 bits per heavy atom. The van der Waals surface area contributed by atoms with Crippen LogP contribution in [0.2, 0.25) is 0 Å². The van der Waals surface area contributed by atoms with E-state index in [1.165, 1.54) is 4.31 Å². The van der Waals surface area contributed by atoms with Crippen LogP contribution in [0.25, 0.3) is 0 Å². The normalized spacial score (nSPS) is 21.2. The van der Waals surface area contributed by atoms with Crippen molar-refractivity contribution in [2.24, 2.45) is 4.99 Å². The molecule has 0 aliphatic carbocycles. The van der Waals surface area contributed by atoms with Crippen LogP contribution in [0.5, 0.6) is 0 Å². The maximum atomic E-state index is 12.6. The first kappa shape index (κ1) is 20.4. The van der Waals surface area contributed by atoms with Crippen LogP contribution in [0.4, 0.5) is 0 Å². The van der Waals surface area contributed by atoms with Crippen LogP contribution >= 0.6 is 24.0 Å². The highest BCUT2D eigenvalue weighted by Gasteiger charge is 2.25. The smallest absolute Gasteiger partial charge is 0.218 e. The first-order chi connectivity index (χ1) is 11.5. The number of nitrogens with one attached hydrogen (secondary N) is 2. The minimum absolute atomic E-state index is 0. The summed E-state index contributed by atoms with van der Waals surface area (Å²) in [6, 6.07) is 7.97. The van der Waals surface area contributed by atoms with E-state index in [0.29, 0.717) is 38.9 Å². The molecule has 2 N–H and O–H groups in total. The van der Waals surface area contributed by atoms with Gasteiger partial charge in [-0.2, -0.15) is 4.31 Å². The molecule has 1 aromatic carbocycles. The van der Waals surface area contributed by atoms with Crippen LogP contribution in [0.3, 0.4) is 0 Å². The van der Waals surface area contributed by atoms with Crippen molar-refractivity contribution >= 4 is 40.0 Å². The van der Waals surface area contributed by atoms with Gasteiger partial charge in [0.05, 0.1) is 25.5 Å². The molecule has 140 valence electrons. The van der Waals surface area contributed by atoms with Crippen molar-refractivity contribution in [1.29, 1.82) is 0 Å². The molecule has 1 fully saturated rings. The Balaban J connectivity index is 0.00000225. The summed E-state index contributed by atoms with van der Waals surface area (Å²) < 4.78 is 32.0. The third-order valence-electron chi connectivity index (χ3n) is 4.17. The average Bonchev–Trinajstić information content (AvgIpc) is 3.00. The summed E-state index contributed by atoms with van der Waals surface area (Å²) in [6.45, 7) is 5.17. The standard InChI is InChI=1S/C16H24N4O3S.HI/c1-13-10-17-16(19-13)18-11-14-4-2-3-5-15(14)12-24(21,22)20-6-8-23-9-7-20;/h2-5,13H,6-12H2,1H3,(H2,17,18,19);1H. The summed E-state index contributed by atoms with van der Waals surface area (Å²) in [5.74, 6) is 0.787. The van der Waals surface area contributed by atoms with Crippen molar-refractivity contribution < 1.29 is 13.2 Å². The topological polar surface area (TPSA) is 83.0 Å². The van der Waals surface area contributed by atoms with E-state index in [0.717, 1.165) is 23.6 Å². The number of aliphatic imine (C=N–C) groups is 1. The number of sulfonamides is 1. The monoisotopic (exact) mass is 480 g/mol. The molecule has 0 spiro atoms. The van der Waals surface area contributed by atoms with Gasteiger partial charge >= 0.3 is 0 Å². The van der Waals surface area contributed by atoms with Gasteiger partial charge in [-0.05, 0) is 18.1 Å². The summed E-state index contributed by atoms with van der Waals surface area (Å²) in [5, 5.41) is 6.49. The maximum Gasteiger partial charge on any atom is 0.218 e. The Kier molecular flexibility index (Phi) is 7.47. The molecule has 0 aromatic heterocycles. The highest BCUT2D eigenvalue weighted by Crippen LogP contribution is 2.16. The second kappa shape index (κ2) is 9.15. The summed E-state index contributed by atoms with van der Waals surface area (Å²) in [7, 11) is -3.33. The van der Waals surface area contributed by atoms with Gasteiger partial charge in [-0.3, -0.25) is 4.99 Å². The molecule has 1 unspecified atom stereocenters. The van der Waals surface area contributed by atoms with Crippen LogP contribution in [0.1, 0.15) is 18.1 Å². The van der Waals surface area contributed by atoms with E-state index in [9.17, 15) is 8.42 Å². The maximum absolute atomic E-state index is 12.6. The molecule has 25 heavy (non-hydrogen) atoms. The van der Waals surface area contributed by atoms with E-state index < -0.39 is 10.0 Å². The van der Waals surface area contributed by atoms with Crippen molar-refractivity contribution in [1.82, 2.24) is 14.9 Å². The van der Waals surface area contributed by atoms with E-state index in [4.69, 9.17) is 4.74 Å². The Bertz CT molecular complexity index is 705. The molecule has 2 heterocycles. The Morgan fingerprint density at radius 1 is 1.28 bits per heavy atom. The molecule has 2 aliphatic heterocycles. The molecule has 0 saturated carbocycles. The van der Waals surface area contributed by atoms with Crippen LogP contribution in [-0.2, 0) is 27.1 Å². The van der Waals surface area contributed by atoms with Gasteiger partial charge in [-0.25, -0.2) is 8.42 Å². The van der Waals surface area contributed by atoms with Gasteiger partial charge in [-0.15, -0.1) is 24.0 Å². The van der Waals surface area contributed by atoms with Crippen molar-refractivity contribution in [3.63, 3.8) is 0 Å². The lowest BCUT2D eigenvalue weighted by Crippen LogP contribution is -2.41. The molecule has 1 saturated heterocycles. The first-order valence-corrected chi connectivity index (χ1v) is 9.83. The number of ether oxygens (including phenoxy) is 1. The number of morpholine rings is 1. The summed E-state index contributed by atoms with van der Waals surface area (Å²) in [6.07, 6.45) is 0. The molecule has 3 rings (SSSR count). The van der Waals surface area contributed by atoms with E-state index in [1.807, 2.05) is 24.3 Å². The zero-order chi connectivity index (χ0) is 17.0. The van der Waals surface area contributed by atoms with Crippen molar-refractivity contribution in [3.05, 3.63) is 35.4 Å². The Hall–Kier alpha value is -0.910. The van der Waals surface area contributed by atoms with E-state index in [1.54, 1.807) is 0 Å². The van der Waals surface area contributed by atoms with Gasteiger partial charge in [0.25, 0.3) is 0 Å². The summed E-state index contributed by atoms with van der Waals surface area (Å²) >= 11 is 0. The van der Waals surface area contributed by atoms with Crippen LogP contribution < -0.4 is 10.6 Å². The third-order valence-corrected chi connectivity index (χ3v) is 6.00. The Labute approximate surface area is 166 Å². The quantitative estimate of drug-likeness (QED) is 0.613. The minimum atomic E-state index is -3.33. The third kappa shape index (κ3) is 5.53. The number of rotatable bonds is 5. The number of nitrogens with zero attached hydrogens (tertiary/aromatic N) is 2. The lowest BCUT2D eigenvalue weighted by atomic mass is 10.1. The van der Waals surface area contributed by atoms with Crippen LogP contribution in [0, 0.1) is 0 Å². The number of hydrogen-bond acceptors (Lipinski definition) is 6.